The van der Waals surface area contributed by atoms with Crippen molar-refractivity contribution >= 4 is 33.6 Å². The molecule has 0 aliphatic rings. The van der Waals surface area contributed by atoms with Gasteiger partial charge in [-0.2, -0.15) is 0 Å². The average Bonchev–Trinajstić information content (AvgIpc) is 2.49. The van der Waals surface area contributed by atoms with E-state index in [4.69, 9.17) is 4.74 Å². The Balaban J connectivity index is 2.13. The van der Waals surface area contributed by atoms with E-state index in [9.17, 15) is 9.59 Å². The molecule has 1 aromatic rings. The lowest BCUT2D eigenvalue weighted by atomic mass is 10.2. The minimum Gasteiger partial charge on any atom is -0.466 e. The zero-order chi connectivity index (χ0) is 17.1. The molecule has 0 saturated heterocycles. The predicted molar refractivity (Wildman–Crippen MR) is 93.2 cm³/mol. The summed E-state index contributed by atoms with van der Waals surface area (Å²) >= 11 is 3.30. The third-order valence-corrected chi connectivity index (χ3v) is 3.60. The van der Waals surface area contributed by atoms with Gasteiger partial charge in [0.05, 0.1) is 13.2 Å². The fourth-order valence-corrected chi connectivity index (χ4v) is 2.25. The van der Waals surface area contributed by atoms with E-state index in [-0.39, 0.29) is 11.9 Å². The largest absolute Gasteiger partial charge is 0.466 e. The van der Waals surface area contributed by atoms with Gasteiger partial charge >= 0.3 is 5.97 Å². The SMILES string of the molecule is CCOC(=O)CCCCCN(C)CC(=O)Nc1ccc(Br)cn1. The van der Waals surface area contributed by atoms with Crippen LogP contribution < -0.4 is 5.32 Å². The maximum atomic E-state index is 11.9. The van der Waals surface area contributed by atoms with E-state index < -0.39 is 0 Å². The standard InChI is InChI=1S/C16H24BrN3O3/c1-3-23-16(22)7-5-4-6-10-20(2)12-15(21)19-14-9-8-13(17)11-18-14/h8-9,11H,3-7,10,12H2,1-2H3,(H,18,19,21). The van der Waals surface area contributed by atoms with Crippen LogP contribution in [0.15, 0.2) is 22.8 Å². The smallest absolute Gasteiger partial charge is 0.305 e. The molecular formula is C16H24BrN3O3. The lowest BCUT2D eigenvalue weighted by Gasteiger charge is -2.15. The number of amides is 1. The van der Waals surface area contributed by atoms with Crippen molar-refractivity contribution in [2.45, 2.75) is 32.6 Å². The van der Waals surface area contributed by atoms with Crippen LogP contribution in [0, 0.1) is 0 Å². The molecule has 128 valence electrons. The Morgan fingerprint density at radius 1 is 1.30 bits per heavy atom. The Morgan fingerprint density at radius 2 is 2.09 bits per heavy atom. The molecule has 0 atom stereocenters. The van der Waals surface area contributed by atoms with E-state index in [1.807, 2.05) is 24.9 Å². The summed E-state index contributed by atoms with van der Waals surface area (Å²) in [6.45, 7) is 3.37. The highest BCUT2D eigenvalue weighted by Crippen LogP contribution is 2.10. The zero-order valence-corrected chi connectivity index (χ0v) is 15.3. The summed E-state index contributed by atoms with van der Waals surface area (Å²) in [5, 5.41) is 2.76. The number of nitrogens with zero attached hydrogens (tertiary/aromatic N) is 2. The summed E-state index contributed by atoms with van der Waals surface area (Å²) in [6, 6.07) is 3.58. The molecule has 0 aromatic carbocycles. The molecule has 7 heteroatoms. The van der Waals surface area contributed by atoms with Gasteiger partial charge in [-0.15, -0.1) is 0 Å². The number of hydrogen-bond acceptors (Lipinski definition) is 5. The highest BCUT2D eigenvalue weighted by Gasteiger charge is 2.08. The van der Waals surface area contributed by atoms with Gasteiger partial charge in [0.15, 0.2) is 0 Å². The molecule has 1 N–H and O–H groups in total. The van der Waals surface area contributed by atoms with Crippen molar-refractivity contribution in [1.82, 2.24) is 9.88 Å². The summed E-state index contributed by atoms with van der Waals surface area (Å²) in [7, 11) is 1.90. The molecular weight excluding hydrogens is 362 g/mol. The number of carbonyl (C=O) groups excluding carboxylic acids is 2. The maximum Gasteiger partial charge on any atom is 0.305 e. The number of nitrogens with one attached hydrogen (secondary N) is 1. The summed E-state index contributed by atoms with van der Waals surface area (Å²) < 4.78 is 5.75. The second kappa shape index (κ2) is 11.1. The second-order valence-electron chi connectivity index (χ2n) is 5.26. The maximum absolute atomic E-state index is 11.9. The van der Waals surface area contributed by atoms with Crippen molar-refractivity contribution in [3.05, 3.63) is 22.8 Å². The number of pyridine rings is 1. The fourth-order valence-electron chi connectivity index (χ4n) is 2.02. The fraction of sp³-hybridized carbons (Fsp3) is 0.562. The number of carbonyl (C=O) groups is 2. The molecule has 6 nitrogen and oxygen atoms in total. The first-order valence-corrected chi connectivity index (χ1v) is 8.56. The lowest BCUT2D eigenvalue weighted by Crippen LogP contribution is -2.31. The molecule has 0 radical (unpaired) electrons. The van der Waals surface area contributed by atoms with Crippen LogP contribution in [0.25, 0.3) is 0 Å². The summed E-state index contributed by atoms with van der Waals surface area (Å²) in [5.41, 5.74) is 0. The van der Waals surface area contributed by atoms with Gasteiger partial charge in [0, 0.05) is 17.1 Å². The molecule has 0 saturated carbocycles. The van der Waals surface area contributed by atoms with Crippen molar-refractivity contribution in [3.8, 4) is 0 Å². The minimum atomic E-state index is -0.137. The quantitative estimate of drug-likeness (QED) is 0.495. The highest BCUT2D eigenvalue weighted by atomic mass is 79.9. The van der Waals surface area contributed by atoms with Gasteiger partial charge in [-0.05, 0) is 61.4 Å². The molecule has 0 aliphatic heterocycles. The first-order valence-electron chi connectivity index (χ1n) is 7.77. The lowest BCUT2D eigenvalue weighted by molar-refractivity contribution is -0.143. The molecule has 1 aromatic heterocycles. The van der Waals surface area contributed by atoms with E-state index in [0.29, 0.717) is 25.4 Å². The van der Waals surface area contributed by atoms with Gasteiger partial charge in [-0.25, -0.2) is 4.98 Å². The topological polar surface area (TPSA) is 71.5 Å². The average molecular weight is 386 g/mol. The number of ether oxygens (including phenoxy) is 1. The van der Waals surface area contributed by atoms with Crippen LogP contribution in [0.1, 0.15) is 32.6 Å². The molecule has 1 heterocycles. The molecule has 0 unspecified atom stereocenters. The van der Waals surface area contributed by atoms with Gasteiger partial charge in [0.1, 0.15) is 5.82 Å². The third-order valence-electron chi connectivity index (χ3n) is 3.13. The van der Waals surface area contributed by atoms with Gasteiger partial charge in [-0.3, -0.25) is 14.5 Å². The molecule has 0 bridgehead atoms. The van der Waals surface area contributed by atoms with Crippen LogP contribution in [-0.2, 0) is 14.3 Å². The number of anilines is 1. The predicted octanol–water partition coefficient (Wildman–Crippen LogP) is 2.84. The number of likely N-dealkylation sites (N-methyl/N-ethyl adjacent to an activating group) is 1. The van der Waals surface area contributed by atoms with Crippen LogP contribution >= 0.6 is 15.9 Å². The zero-order valence-electron chi connectivity index (χ0n) is 13.7. The van der Waals surface area contributed by atoms with Gasteiger partial charge in [0.2, 0.25) is 5.91 Å². The molecule has 0 aliphatic carbocycles. The Kier molecular flexibility index (Phi) is 9.47. The minimum absolute atomic E-state index is 0.0890. The number of halogens is 1. The third kappa shape index (κ3) is 9.30. The van der Waals surface area contributed by atoms with Crippen LogP contribution in [0.5, 0.6) is 0 Å². The van der Waals surface area contributed by atoms with Crippen molar-refractivity contribution in [1.29, 1.82) is 0 Å². The van der Waals surface area contributed by atoms with Gasteiger partial charge in [-0.1, -0.05) is 6.42 Å². The van der Waals surface area contributed by atoms with E-state index in [0.717, 1.165) is 30.3 Å². The Labute approximate surface area is 145 Å². The number of aromatic nitrogens is 1. The first kappa shape index (κ1) is 19.6. The highest BCUT2D eigenvalue weighted by molar-refractivity contribution is 9.10. The molecule has 0 spiro atoms. The normalized spacial score (nSPS) is 10.6. The van der Waals surface area contributed by atoms with E-state index >= 15 is 0 Å². The number of hydrogen-bond donors (Lipinski definition) is 1. The van der Waals surface area contributed by atoms with E-state index in [1.54, 1.807) is 12.3 Å². The van der Waals surface area contributed by atoms with Crippen LogP contribution in [0.4, 0.5) is 5.82 Å². The molecule has 1 rings (SSSR count). The van der Waals surface area contributed by atoms with Crippen LogP contribution in [0.2, 0.25) is 0 Å². The first-order chi connectivity index (χ1) is 11.0. The monoisotopic (exact) mass is 385 g/mol. The van der Waals surface area contributed by atoms with Crippen molar-refractivity contribution in [3.63, 3.8) is 0 Å². The van der Waals surface area contributed by atoms with E-state index in [2.05, 4.69) is 26.2 Å². The van der Waals surface area contributed by atoms with Gasteiger partial charge in [0.25, 0.3) is 0 Å². The van der Waals surface area contributed by atoms with Crippen LogP contribution in [-0.4, -0.2) is 48.5 Å². The number of rotatable bonds is 10. The van der Waals surface area contributed by atoms with E-state index in [1.165, 1.54) is 0 Å². The molecule has 1 amide bonds. The number of unbranched alkanes of at least 4 members (excludes halogenated alkanes) is 2. The summed E-state index contributed by atoms with van der Waals surface area (Å²) in [5.74, 6) is 0.317. The summed E-state index contributed by atoms with van der Waals surface area (Å²) in [4.78, 5) is 29.1. The number of esters is 1. The Bertz CT molecular complexity index is 494. The molecule has 23 heavy (non-hydrogen) atoms. The summed E-state index contributed by atoms with van der Waals surface area (Å²) in [6.07, 6.45) is 4.82. The van der Waals surface area contributed by atoms with Crippen molar-refractivity contribution in [2.24, 2.45) is 0 Å². The van der Waals surface area contributed by atoms with Gasteiger partial charge < -0.3 is 10.1 Å². The second-order valence-corrected chi connectivity index (χ2v) is 6.18. The Hall–Kier alpha value is -1.47. The van der Waals surface area contributed by atoms with Crippen molar-refractivity contribution < 1.29 is 14.3 Å². The Morgan fingerprint density at radius 3 is 2.74 bits per heavy atom. The molecule has 0 fully saturated rings. The van der Waals surface area contributed by atoms with Crippen molar-refractivity contribution in [2.75, 3.05) is 32.1 Å². The van der Waals surface area contributed by atoms with Crippen LogP contribution in [0.3, 0.4) is 0 Å².